The molecule has 11 nitrogen and oxygen atoms in total. The quantitative estimate of drug-likeness (QED) is 0.150. The van der Waals surface area contributed by atoms with Crippen molar-refractivity contribution in [3.63, 3.8) is 0 Å². The lowest BCUT2D eigenvalue weighted by Crippen LogP contribution is -2.52. The van der Waals surface area contributed by atoms with Gasteiger partial charge in [-0.1, -0.05) is 26.8 Å². The van der Waals surface area contributed by atoms with Crippen LogP contribution in [0.3, 0.4) is 0 Å². The number of aromatic nitrogens is 1. The molecule has 0 spiro atoms. The van der Waals surface area contributed by atoms with Crippen molar-refractivity contribution < 1.29 is 44.5 Å². The molecule has 5 rings (SSSR count). The van der Waals surface area contributed by atoms with Crippen molar-refractivity contribution in [3.05, 3.63) is 53.1 Å². The molecule has 2 aromatic carbocycles. The van der Waals surface area contributed by atoms with Gasteiger partial charge in [0.1, 0.15) is 11.4 Å². The van der Waals surface area contributed by atoms with E-state index >= 15 is 0 Å². The highest BCUT2D eigenvalue weighted by Crippen LogP contribution is 2.40. The number of piperazine rings is 1. The van der Waals surface area contributed by atoms with Gasteiger partial charge in [0.25, 0.3) is 5.91 Å². The van der Waals surface area contributed by atoms with Gasteiger partial charge in [-0.05, 0) is 81.6 Å². The highest BCUT2D eigenvalue weighted by Gasteiger charge is 2.49. The Bertz CT molecular complexity index is 1910. The Morgan fingerprint density at radius 2 is 1.65 bits per heavy atom. The summed E-state index contributed by atoms with van der Waals surface area (Å²) in [7, 11) is -7.24. The summed E-state index contributed by atoms with van der Waals surface area (Å²) in [5.41, 5.74) is -4.60. The minimum absolute atomic E-state index is 0.0722. The smallest absolute Gasteiger partial charge is 0.443 e. The second-order valence-electron chi connectivity index (χ2n) is 15.6. The number of amides is 1. The van der Waals surface area contributed by atoms with E-state index in [2.05, 4.69) is 53.2 Å². The lowest BCUT2D eigenvalue weighted by molar-refractivity contribution is -0.0500. The molecular formula is C35H47F3N4O7SSi. The molecule has 1 atom stereocenters. The van der Waals surface area contributed by atoms with E-state index in [1.807, 2.05) is 18.2 Å². The first kappa shape index (κ1) is 38.8. The van der Waals surface area contributed by atoms with Crippen LogP contribution < -0.4 is 9.50 Å². The average Bonchev–Trinajstić information content (AvgIpc) is 3.56. The summed E-state index contributed by atoms with van der Waals surface area (Å²) in [6.07, 6.45) is 0.332. The van der Waals surface area contributed by atoms with Crippen LogP contribution in [-0.2, 0) is 32.4 Å². The fraction of sp³-hybridized carbons (Fsp3) is 0.543. The predicted octanol–water partition coefficient (Wildman–Crippen LogP) is 6.44. The monoisotopic (exact) mass is 752 g/mol. The zero-order valence-corrected chi connectivity index (χ0v) is 32.3. The number of carbonyl (C=O) groups excluding carboxylic acids is 2. The molecule has 280 valence electrons. The normalized spacial score (nSPS) is 17.1. The maximum absolute atomic E-state index is 13.7. The molecule has 1 saturated heterocycles. The molecule has 1 amide bonds. The average molecular weight is 753 g/mol. The van der Waals surface area contributed by atoms with E-state index in [1.165, 1.54) is 10.6 Å². The van der Waals surface area contributed by atoms with E-state index in [0.29, 0.717) is 17.4 Å². The molecule has 1 aromatic heterocycles. The Labute approximate surface area is 298 Å². The van der Waals surface area contributed by atoms with Gasteiger partial charge in [0, 0.05) is 55.8 Å². The fourth-order valence-corrected chi connectivity index (χ4v) is 7.80. The molecule has 3 heterocycles. The maximum atomic E-state index is 13.7. The molecule has 2 aliphatic heterocycles. The van der Waals surface area contributed by atoms with Crippen molar-refractivity contribution in [2.45, 2.75) is 91.5 Å². The third kappa shape index (κ3) is 8.96. The maximum Gasteiger partial charge on any atom is 0.534 e. The van der Waals surface area contributed by atoms with Crippen molar-refractivity contribution in [1.29, 1.82) is 0 Å². The molecule has 3 aromatic rings. The minimum Gasteiger partial charge on any atom is -0.443 e. The van der Waals surface area contributed by atoms with Crippen molar-refractivity contribution in [2.75, 3.05) is 26.2 Å². The zero-order valence-electron chi connectivity index (χ0n) is 30.3. The molecule has 1 N–H and O–H groups in total. The molecular weight excluding hydrogens is 706 g/mol. The third-order valence-corrected chi connectivity index (χ3v) is 10.4. The van der Waals surface area contributed by atoms with Gasteiger partial charge in [0.2, 0.25) is 0 Å². The van der Waals surface area contributed by atoms with Crippen LogP contribution in [0.5, 0.6) is 5.75 Å². The van der Waals surface area contributed by atoms with Crippen molar-refractivity contribution in [1.82, 2.24) is 19.7 Å². The highest BCUT2D eigenvalue weighted by molar-refractivity contribution is 7.88. The topological polar surface area (TPSA) is 119 Å². The molecule has 1 fully saturated rings. The van der Waals surface area contributed by atoms with E-state index in [4.69, 9.17) is 9.16 Å². The van der Waals surface area contributed by atoms with E-state index in [9.17, 15) is 31.2 Å². The summed E-state index contributed by atoms with van der Waals surface area (Å²) in [6, 6.07) is 9.77. The first-order chi connectivity index (χ1) is 23.5. The lowest BCUT2D eigenvalue weighted by atomic mass is 9.91. The number of halogens is 3. The number of hydrogen-bond acceptors (Lipinski definition) is 9. The van der Waals surface area contributed by atoms with Gasteiger partial charge in [0.05, 0.1) is 23.0 Å². The molecule has 0 bridgehead atoms. The number of hydrogen-bond donors (Lipinski definition) is 1. The number of carbonyl (C=O) groups is 2. The second kappa shape index (κ2) is 14.2. The Kier molecular flexibility index (Phi) is 10.8. The number of nitrogens with one attached hydrogen (secondary N) is 1. The molecule has 0 saturated carbocycles. The summed E-state index contributed by atoms with van der Waals surface area (Å²) in [6.45, 7) is 20.1. The summed E-state index contributed by atoms with van der Waals surface area (Å²) < 4.78 is 81.1. The van der Waals surface area contributed by atoms with Crippen molar-refractivity contribution in [3.8, 4) is 17.0 Å². The van der Waals surface area contributed by atoms with Gasteiger partial charge in [-0.25, -0.2) is 9.36 Å². The first-order valence-corrected chi connectivity index (χ1v) is 21.2. The summed E-state index contributed by atoms with van der Waals surface area (Å²) in [5.74, 6) is -1.28. The standard InChI is InChI=1S/C35H47F3N4O7SSi/c1-33(2,3)19-29(49-51(7)8)41-15-13-40(14-16-41)21-22-9-11-26-23(17-22)18-27(42(26)32(44)47-34(4,5)6)24-10-12-28(25-20-39-31(43)30(24)25)48-50(45,46)35(36,37)38/h9-12,17-18,29,51H,13-16,19-21H2,1-8H3,(H,39,43). The summed E-state index contributed by atoms with van der Waals surface area (Å²) >= 11 is 0. The van der Waals surface area contributed by atoms with Crippen LogP contribution in [0.25, 0.3) is 22.2 Å². The van der Waals surface area contributed by atoms with E-state index in [1.54, 1.807) is 26.8 Å². The highest BCUT2D eigenvalue weighted by atomic mass is 32.2. The number of alkyl halides is 3. The van der Waals surface area contributed by atoms with Gasteiger partial charge in [-0.3, -0.25) is 14.6 Å². The van der Waals surface area contributed by atoms with Gasteiger partial charge >= 0.3 is 21.7 Å². The van der Waals surface area contributed by atoms with Crippen LogP contribution in [0.15, 0.2) is 36.4 Å². The lowest BCUT2D eigenvalue weighted by Gasteiger charge is -2.41. The van der Waals surface area contributed by atoms with Crippen LogP contribution in [0.4, 0.5) is 18.0 Å². The fourth-order valence-electron chi connectivity index (χ4n) is 6.41. The number of nitrogens with zero attached hydrogens (tertiary/aromatic N) is 3. The van der Waals surface area contributed by atoms with Gasteiger partial charge in [-0.2, -0.15) is 21.6 Å². The largest absolute Gasteiger partial charge is 0.534 e. The van der Waals surface area contributed by atoms with Crippen LogP contribution in [0.1, 0.15) is 69.4 Å². The Hall–Kier alpha value is -3.44. The van der Waals surface area contributed by atoms with Gasteiger partial charge in [-0.15, -0.1) is 0 Å². The van der Waals surface area contributed by atoms with Gasteiger partial charge < -0.3 is 18.7 Å². The zero-order chi connectivity index (χ0) is 37.7. The molecule has 2 aliphatic rings. The molecule has 0 radical (unpaired) electrons. The van der Waals surface area contributed by atoms with Crippen molar-refractivity contribution in [2.24, 2.45) is 5.41 Å². The molecule has 0 aliphatic carbocycles. The predicted molar refractivity (Wildman–Crippen MR) is 190 cm³/mol. The summed E-state index contributed by atoms with van der Waals surface area (Å²) in [4.78, 5) is 31.6. The van der Waals surface area contributed by atoms with Crippen molar-refractivity contribution >= 4 is 42.1 Å². The van der Waals surface area contributed by atoms with Gasteiger partial charge in [0.15, 0.2) is 9.04 Å². The van der Waals surface area contributed by atoms with E-state index in [-0.39, 0.29) is 40.6 Å². The number of ether oxygens (including phenoxy) is 1. The second-order valence-corrected chi connectivity index (χ2v) is 19.5. The SMILES string of the molecule is C[SiH](C)OC(CC(C)(C)C)N1CCN(Cc2ccc3c(c2)cc(-c2ccc(OS(=O)(=O)C(F)(F)F)c4c2C(=O)NC4)n3C(=O)OC(C)(C)C)CC1. The molecule has 16 heteroatoms. The Morgan fingerprint density at radius 3 is 2.24 bits per heavy atom. The third-order valence-electron chi connectivity index (χ3n) is 8.56. The van der Waals surface area contributed by atoms with Crippen LogP contribution in [-0.4, -0.2) is 87.3 Å². The minimum atomic E-state index is -6.00. The Balaban J connectivity index is 1.47. The van der Waals surface area contributed by atoms with Crippen LogP contribution in [0.2, 0.25) is 13.1 Å². The van der Waals surface area contributed by atoms with E-state index < -0.39 is 48.0 Å². The molecule has 51 heavy (non-hydrogen) atoms. The first-order valence-electron chi connectivity index (χ1n) is 17.0. The van der Waals surface area contributed by atoms with Crippen LogP contribution >= 0.6 is 0 Å². The number of rotatable bonds is 9. The van der Waals surface area contributed by atoms with E-state index in [0.717, 1.165) is 44.2 Å². The number of benzene rings is 2. The number of fused-ring (bicyclic) bond motifs is 2. The van der Waals surface area contributed by atoms with Crippen LogP contribution in [0, 0.1) is 5.41 Å². The molecule has 1 unspecified atom stereocenters. The summed E-state index contributed by atoms with van der Waals surface area (Å²) in [5, 5.41) is 3.21. The Morgan fingerprint density at radius 1 is 0.980 bits per heavy atom.